The van der Waals surface area contributed by atoms with Crippen LogP contribution in [0.15, 0.2) is 108 Å². The Balaban J connectivity index is 1.30. The van der Waals surface area contributed by atoms with Crippen LogP contribution < -0.4 is 0 Å². The number of hydrogen-bond acceptors (Lipinski definition) is 4. The molecule has 0 aliphatic carbocycles. The predicted octanol–water partition coefficient (Wildman–Crippen LogP) is 6.05. The standard InChI is InChI=1S/C29H25N3O2/c33-28(32(20-22-10-3-1-4-11-22)21-23-12-5-2-6-13-23)19-18-27-30-29(31-34-27)26-17-9-15-24-14-7-8-16-25(24)26/h1-17H,18-21H2. The van der Waals surface area contributed by atoms with Crippen LogP contribution in [0, 0.1) is 0 Å². The maximum atomic E-state index is 13.2. The monoisotopic (exact) mass is 447 g/mol. The molecule has 1 heterocycles. The number of aromatic nitrogens is 2. The van der Waals surface area contributed by atoms with E-state index in [1.54, 1.807) is 0 Å². The second kappa shape index (κ2) is 10.1. The van der Waals surface area contributed by atoms with Crippen molar-refractivity contribution in [3.8, 4) is 11.4 Å². The van der Waals surface area contributed by atoms with Gasteiger partial charge in [0.05, 0.1) is 0 Å². The third kappa shape index (κ3) is 5.04. The highest BCUT2D eigenvalue weighted by Gasteiger charge is 2.17. The number of amides is 1. The highest BCUT2D eigenvalue weighted by Crippen LogP contribution is 2.26. The van der Waals surface area contributed by atoms with Crippen LogP contribution in [-0.2, 0) is 24.3 Å². The summed E-state index contributed by atoms with van der Waals surface area (Å²) in [5.74, 6) is 1.07. The molecule has 0 bridgehead atoms. The highest BCUT2D eigenvalue weighted by atomic mass is 16.5. The van der Waals surface area contributed by atoms with Gasteiger partial charge in [-0.05, 0) is 21.9 Å². The van der Waals surface area contributed by atoms with Crippen molar-refractivity contribution in [3.05, 3.63) is 120 Å². The first kappa shape index (κ1) is 21.6. The normalized spacial score (nSPS) is 10.9. The van der Waals surface area contributed by atoms with Crippen molar-refractivity contribution in [2.45, 2.75) is 25.9 Å². The molecular weight excluding hydrogens is 422 g/mol. The first-order chi connectivity index (χ1) is 16.8. The summed E-state index contributed by atoms with van der Waals surface area (Å²) in [4.78, 5) is 19.7. The van der Waals surface area contributed by atoms with Crippen molar-refractivity contribution in [1.82, 2.24) is 15.0 Å². The minimum atomic E-state index is 0.0533. The largest absolute Gasteiger partial charge is 0.339 e. The number of hydrogen-bond donors (Lipinski definition) is 0. The summed E-state index contributed by atoms with van der Waals surface area (Å²) in [6.07, 6.45) is 0.702. The summed E-state index contributed by atoms with van der Waals surface area (Å²) in [6.45, 7) is 1.11. The molecule has 168 valence electrons. The van der Waals surface area contributed by atoms with Crippen LogP contribution in [0.2, 0.25) is 0 Å². The lowest BCUT2D eigenvalue weighted by Gasteiger charge is -2.23. The molecule has 1 aromatic heterocycles. The van der Waals surface area contributed by atoms with E-state index in [2.05, 4.69) is 28.3 Å². The SMILES string of the molecule is O=C(CCc1nc(-c2cccc3ccccc23)no1)N(Cc1ccccc1)Cc1ccccc1. The molecule has 0 aliphatic rings. The van der Waals surface area contributed by atoms with E-state index in [-0.39, 0.29) is 5.91 Å². The second-order valence-corrected chi connectivity index (χ2v) is 8.26. The number of aryl methyl sites for hydroxylation is 1. The second-order valence-electron chi connectivity index (χ2n) is 8.26. The Labute approximate surface area is 198 Å². The average Bonchev–Trinajstić information content (AvgIpc) is 3.37. The van der Waals surface area contributed by atoms with Gasteiger partial charge < -0.3 is 9.42 Å². The summed E-state index contributed by atoms with van der Waals surface area (Å²) < 4.78 is 5.50. The molecule has 0 saturated carbocycles. The summed E-state index contributed by atoms with van der Waals surface area (Å²) in [5, 5.41) is 6.38. The molecule has 0 N–H and O–H groups in total. The Hall–Kier alpha value is -4.25. The molecule has 0 spiro atoms. The fourth-order valence-electron chi connectivity index (χ4n) is 4.10. The number of fused-ring (bicyclic) bond motifs is 1. The first-order valence-electron chi connectivity index (χ1n) is 11.4. The van der Waals surface area contributed by atoms with Gasteiger partial charge in [-0.15, -0.1) is 0 Å². The molecule has 0 aliphatic heterocycles. The smallest absolute Gasteiger partial charge is 0.227 e. The van der Waals surface area contributed by atoms with Gasteiger partial charge in [0.2, 0.25) is 17.6 Å². The minimum absolute atomic E-state index is 0.0533. The molecule has 1 amide bonds. The molecule has 5 nitrogen and oxygen atoms in total. The van der Waals surface area contributed by atoms with E-state index in [4.69, 9.17) is 4.52 Å². The van der Waals surface area contributed by atoms with Gasteiger partial charge in [0, 0.05) is 31.5 Å². The van der Waals surface area contributed by atoms with Crippen molar-refractivity contribution in [2.75, 3.05) is 0 Å². The number of carbonyl (C=O) groups is 1. The molecule has 5 aromatic rings. The fraction of sp³-hybridized carbons (Fsp3) is 0.138. The first-order valence-corrected chi connectivity index (χ1v) is 11.4. The van der Waals surface area contributed by atoms with E-state index in [1.165, 1.54) is 0 Å². The molecular formula is C29H25N3O2. The van der Waals surface area contributed by atoms with Crippen LogP contribution in [0.4, 0.5) is 0 Å². The molecule has 4 aromatic carbocycles. The molecule has 5 heteroatoms. The molecule has 0 radical (unpaired) electrons. The molecule has 0 atom stereocenters. The molecule has 34 heavy (non-hydrogen) atoms. The number of rotatable bonds is 8. The Kier molecular flexibility index (Phi) is 6.43. The summed E-state index contributed by atoms with van der Waals surface area (Å²) >= 11 is 0. The molecule has 0 saturated heterocycles. The summed E-state index contributed by atoms with van der Waals surface area (Å²) in [7, 11) is 0. The zero-order valence-corrected chi connectivity index (χ0v) is 18.8. The molecule has 0 unspecified atom stereocenters. The number of benzene rings is 4. The van der Waals surface area contributed by atoms with E-state index >= 15 is 0 Å². The predicted molar refractivity (Wildman–Crippen MR) is 133 cm³/mol. The van der Waals surface area contributed by atoms with Crippen molar-refractivity contribution < 1.29 is 9.32 Å². The van der Waals surface area contributed by atoms with Crippen LogP contribution >= 0.6 is 0 Å². The van der Waals surface area contributed by atoms with Crippen molar-refractivity contribution in [2.24, 2.45) is 0 Å². The Morgan fingerprint density at radius 1 is 0.735 bits per heavy atom. The zero-order valence-electron chi connectivity index (χ0n) is 18.8. The van der Waals surface area contributed by atoms with Crippen LogP contribution in [-0.4, -0.2) is 20.9 Å². The average molecular weight is 448 g/mol. The van der Waals surface area contributed by atoms with Crippen LogP contribution in [0.25, 0.3) is 22.2 Å². The van der Waals surface area contributed by atoms with Crippen molar-refractivity contribution >= 4 is 16.7 Å². The van der Waals surface area contributed by atoms with Gasteiger partial charge in [-0.3, -0.25) is 4.79 Å². The lowest BCUT2D eigenvalue weighted by molar-refractivity contribution is -0.132. The minimum Gasteiger partial charge on any atom is -0.339 e. The van der Waals surface area contributed by atoms with Gasteiger partial charge in [-0.1, -0.05) is 108 Å². The maximum Gasteiger partial charge on any atom is 0.227 e. The molecule has 0 fully saturated rings. The number of carbonyl (C=O) groups excluding carboxylic acids is 1. The van der Waals surface area contributed by atoms with E-state index in [1.807, 2.05) is 89.8 Å². The summed E-state index contributed by atoms with van der Waals surface area (Å²) in [5.41, 5.74) is 3.12. The number of nitrogens with zero attached hydrogens (tertiary/aromatic N) is 3. The zero-order chi connectivity index (χ0) is 23.2. The summed E-state index contributed by atoms with van der Waals surface area (Å²) in [6, 6.07) is 34.3. The third-order valence-corrected chi connectivity index (χ3v) is 5.84. The van der Waals surface area contributed by atoms with Gasteiger partial charge in [0.25, 0.3) is 0 Å². The van der Waals surface area contributed by atoms with Crippen molar-refractivity contribution in [3.63, 3.8) is 0 Å². The van der Waals surface area contributed by atoms with Crippen LogP contribution in [0.1, 0.15) is 23.4 Å². The van der Waals surface area contributed by atoms with Gasteiger partial charge >= 0.3 is 0 Å². The topological polar surface area (TPSA) is 59.2 Å². The Morgan fingerprint density at radius 3 is 2.06 bits per heavy atom. The van der Waals surface area contributed by atoms with Gasteiger partial charge in [0.15, 0.2) is 0 Å². The Morgan fingerprint density at radius 2 is 1.35 bits per heavy atom. The van der Waals surface area contributed by atoms with Gasteiger partial charge in [-0.2, -0.15) is 4.98 Å². The molecule has 5 rings (SSSR count). The van der Waals surface area contributed by atoms with E-state index < -0.39 is 0 Å². The van der Waals surface area contributed by atoms with E-state index in [0.717, 1.165) is 27.5 Å². The van der Waals surface area contributed by atoms with Crippen LogP contribution in [0.3, 0.4) is 0 Å². The maximum absolute atomic E-state index is 13.2. The third-order valence-electron chi connectivity index (χ3n) is 5.84. The van der Waals surface area contributed by atoms with E-state index in [9.17, 15) is 4.79 Å². The van der Waals surface area contributed by atoms with Gasteiger partial charge in [-0.25, -0.2) is 0 Å². The quantitative estimate of drug-likeness (QED) is 0.290. The lowest BCUT2D eigenvalue weighted by atomic mass is 10.0. The van der Waals surface area contributed by atoms with Gasteiger partial charge in [0.1, 0.15) is 0 Å². The highest BCUT2D eigenvalue weighted by molar-refractivity contribution is 5.94. The van der Waals surface area contributed by atoms with Crippen LogP contribution in [0.5, 0.6) is 0 Å². The lowest BCUT2D eigenvalue weighted by Crippen LogP contribution is -2.30. The van der Waals surface area contributed by atoms with E-state index in [0.29, 0.717) is 37.6 Å². The van der Waals surface area contributed by atoms with Crippen molar-refractivity contribution in [1.29, 1.82) is 0 Å². The fourth-order valence-corrected chi connectivity index (χ4v) is 4.10. The Bertz CT molecular complexity index is 1330.